The van der Waals surface area contributed by atoms with Gasteiger partial charge in [0.1, 0.15) is 5.69 Å². The van der Waals surface area contributed by atoms with E-state index in [1.165, 1.54) is 12.3 Å². The molecule has 0 aliphatic carbocycles. The van der Waals surface area contributed by atoms with E-state index in [1.54, 1.807) is 35.5 Å². The fourth-order valence-corrected chi connectivity index (χ4v) is 3.09. The average molecular weight is 396 g/mol. The molecule has 1 aliphatic rings. The van der Waals surface area contributed by atoms with Crippen LogP contribution in [0.15, 0.2) is 55.0 Å². The van der Waals surface area contributed by atoms with Crippen molar-refractivity contribution in [2.45, 2.75) is 0 Å². The molecular weight excluding hydrogens is 378 g/mol. The number of pyridine rings is 1. The molecule has 29 heavy (non-hydrogen) atoms. The first-order chi connectivity index (χ1) is 14.1. The number of piperazine rings is 1. The number of aromatic nitrogens is 3. The third-order valence-corrected chi connectivity index (χ3v) is 4.59. The lowest BCUT2D eigenvalue weighted by molar-refractivity contribution is 0.0740. The van der Waals surface area contributed by atoms with Crippen LogP contribution in [-0.2, 0) is 0 Å². The molecule has 1 amide bonds. The summed E-state index contributed by atoms with van der Waals surface area (Å²) >= 11 is 0. The zero-order valence-corrected chi connectivity index (χ0v) is 15.4. The summed E-state index contributed by atoms with van der Waals surface area (Å²) < 4.78 is 26.5. The molecule has 4 rings (SSSR count). The number of nitrogens with zero attached hydrogens (tertiary/aromatic N) is 5. The van der Waals surface area contributed by atoms with E-state index in [4.69, 9.17) is 0 Å². The van der Waals surface area contributed by atoms with E-state index in [-0.39, 0.29) is 11.6 Å². The summed E-state index contributed by atoms with van der Waals surface area (Å²) in [4.78, 5) is 29.2. The van der Waals surface area contributed by atoms with Crippen LogP contribution in [0.5, 0.6) is 0 Å². The van der Waals surface area contributed by atoms with Gasteiger partial charge in [-0.3, -0.25) is 9.78 Å². The fourth-order valence-electron chi connectivity index (χ4n) is 3.09. The average Bonchev–Trinajstić information content (AvgIpc) is 2.77. The van der Waals surface area contributed by atoms with Crippen LogP contribution in [0.25, 0.3) is 0 Å². The normalized spacial score (nSPS) is 14.0. The van der Waals surface area contributed by atoms with Crippen molar-refractivity contribution in [1.29, 1.82) is 0 Å². The maximum atomic E-state index is 13.4. The predicted molar refractivity (Wildman–Crippen MR) is 104 cm³/mol. The van der Waals surface area contributed by atoms with Gasteiger partial charge in [0.05, 0.1) is 0 Å². The maximum Gasteiger partial charge on any atom is 0.272 e. The Morgan fingerprint density at radius 1 is 0.862 bits per heavy atom. The van der Waals surface area contributed by atoms with E-state index in [0.29, 0.717) is 43.5 Å². The molecule has 0 atom stereocenters. The minimum Gasteiger partial charge on any atom is -0.355 e. The second-order valence-electron chi connectivity index (χ2n) is 6.51. The highest BCUT2D eigenvalue weighted by Gasteiger charge is 2.24. The van der Waals surface area contributed by atoms with Gasteiger partial charge in [0.2, 0.25) is 5.95 Å². The molecule has 1 saturated heterocycles. The van der Waals surface area contributed by atoms with Crippen LogP contribution in [0, 0.1) is 11.6 Å². The Labute approximate surface area is 166 Å². The summed E-state index contributed by atoms with van der Waals surface area (Å²) in [5, 5.41) is 2.96. The number of hydrogen-bond donors (Lipinski definition) is 1. The molecular formula is C20H18F2N6O. The Morgan fingerprint density at radius 3 is 2.31 bits per heavy atom. The van der Waals surface area contributed by atoms with E-state index in [1.807, 2.05) is 4.90 Å². The Balaban J connectivity index is 1.41. The Morgan fingerprint density at radius 2 is 1.59 bits per heavy atom. The summed E-state index contributed by atoms with van der Waals surface area (Å²) in [5.41, 5.74) is 1.22. The summed E-state index contributed by atoms with van der Waals surface area (Å²) in [6.07, 6.45) is 4.88. The molecule has 3 heterocycles. The van der Waals surface area contributed by atoms with Crippen LogP contribution in [0.4, 0.5) is 26.1 Å². The number of amides is 1. The van der Waals surface area contributed by atoms with E-state index < -0.39 is 11.6 Å². The van der Waals surface area contributed by atoms with Gasteiger partial charge in [0.15, 0.2) is 11.6 Å². The lowest BCUT2D eigenvalue weighted by atomic mass is 10.2. The number of anilines is 3. The molecule has 7 nitrogen and oxygen atoms in total. The molecule has 0 bridgehead atoms. The van der Waals surface area contributed by atoms with Crippen molar-refractivity contribution in [3.63, 3.8) is 0 Å². The van der Waals surface area contributed by atoms with Crippen molar-refractivity contribution in [2.24, 2.45) is 0 Å². The van der Waals surface area contributed by atoms with E-state index in [2.05, 4.69) is 20.3 Å². The lowest BCUT2D eigenvalue weighted by Crippen LogP contribution is -2.49. The second-order valence-corrected chi connectivity index (χ2v) is 6.51. The first kappa shape index (κ1) is 18.7. The first-order valence-corrected chi connectivity index (χ1v) is 9.09. The standard InChI is InChI=1S/C20H18F2N6O/c21-16-3-2-14(12-17(16)22)26-15-4-7-23-18(13-15)19(29)27-8-10-28(11-9-27)20-24-5-1-6-25-20/h1-7,12-13H,8-11H2,(H,23,26). The maximum absolute atomic E-state index is 13.4. The molecule has 1 N–H and O–H groups in total. The van der Waals surface area contributed by atoms with Crippen molar-refractivity contribution in [3.05, 3.63) is 72.3 Å². The lowest BCUT2D eigenvalue weighted by Gasteiger charge is -2.34. The van der Waals surface area contributed by atoms with Crippen molar-refractivity contribution in [1.82, 2.24) is 19.9 Å². The van der Waals surface area contributed by atoms with Crippen LogP contribution >= 0.6 is 0 Å². The third-order valence-electron chi connectivity index (χ3n) is 4.59. The van der Waals surface area contributed by atoms with Gasteiger partial charge in [-0.2, -0.15) is 0 Å². The molecule has 1 fully saturated rings. The summed E-state index contributed by atoms with van der Waals surface area (Å²) in [7, 11) is 0. The fraction of sp³-hybridized carbons (Fsp3) is 0.200. The highest BCUT2D eigenvalue weighted by molar-refractivity contribution is 5.93. The summed E-state index contributed by atoms with van der Waals surface area (Å²) in [6, 6.07) is 8.53. The Hall–Kier alpha value is -3.62. The molecule has 0 radical (unpaired) electrons. The topological polar surface area (TPSA) is 74.2 Å². The first-order valence-electron chi connectivity index (χ1n) is 9.09. The van der Waals surface area contributed by atoms with Gasteiger partial charge >= 0.3 is 0 Å². The second kappa shape index (κ2) is 8.17. The third kappa shape index (κ3) is 4.29. The minimum absolute atomic E-state index is 0.187. The largest absolute Gasteiger partial charge is 0.355 e. The van der Waals surface area contributed by atoms with Crippen LogP contribution in [0.3, 0.4) is 0 Å². The zero-order chi connectivity index (χ0) is 20.2. The summed E-state index contributed by atoms with van der Waals surface area (Å²) in [6.45, 7) is 2.31. The van der Waals surface area contributed by atoms with Crippen LogP contribution in [0.2, 0.25) is 0 Å². The van der Waals surface area contributed by atoms with E-state index >= 15 is 0 Å². The van der Waals surface area contributed by atoms with Crippen molar-refractivity contribution in [3.8, 4) is 0 Å². The number of halogens is 2. The smallest absolute Gasteiger partial charge is 0.272 e. The quantitative estimate of drug-likeness (QED) is 0.731. The molecule has 0 unspecified atom stereocenters. The molecule has 1 aliphatic heterocycles. The van der Waals surface area contributed by atoms with Gasteiger partial charge in [-0.15, -0.1) is 0 Å². The molecule has 148 valence electrons. The number of carbonyl (C=O) groups excluding carboxylic acids is 1. The highest BCUT2D eigenvalue weighted by Crippen LogP contribution is 2.20. The van der Waals surface area contributed by atoms with E-state index in [0.717, 1.165) is 12.1 Å². The van der Waals surface area contributed by atoms with E-state index in [9.17, 15) is 13.6 Å². The SMILES string of the molecule is O=C(c1cc(Nc2ccc(F)c(F)c2)ccn1)N1CCN(c2ncccn2)CC1. The molecule has 9 heteroatoms. The Bertz CT molecular complexity index is 1010. The minimum atomic E-state index is -0.944. The monoisotopic (exact) mass is 396 g/mol. The highest BCUT2D eigenvalue weighted by atomic mass is 19.2. The molecule has 0 spiro atoms. The van der Waals surface area contributed by atoms with Gasteiger partial charge in [-0.05, 0) is 30.3 Å². The van der Waals surface area contributed by atoms with Crippen molar-refractivity contribution < 1.29 is 13.6 Å². The van der Waals surface area contributed by atoms with Crippen LogP contribution in [0.1, 0.15) is 10.5 Å². The van der Waals surface area contributed by atoms with Gasteiger partial charge in [-0.25, -0.2) is 18.7 Å². The summed E-state index contributed by atoms with van der Waals surface area (Å²) in [5.74, 6) is -1.40. The van der Waals surface area contributed by atoms with Gasteiger partial charge in [-0.1, -0.05) is 0 Å². The number of hydrogen-bond acceptors (Lipinski definition) is 6. The molecule has 2 aromatic heterocycles. The number of benzene rings is 1. The van der Waals surface area contributed by atoms with Crippen LogP contribution in [-0.4, -0.2) is 51.9 Å². The van der Waals surface area contributed by atoms with Gasteiger partial charge < -0.3 is 15.1 Å². The number of nitrogens with one attached hydrogen (secondary N) is 1. The predicted octanol–water partition coefficient (Wildman–Crippen LogP) is 2.86. The van der Waals surface area contributed by atoms with Gasteiger partial charge in [0.25, 0.3) is 5.91 Å². The van der Waals surface area contributed by atoms with Crippen molar-refractivity contribution >= 4 is 23.2 Å². The van der Waals surface area contributed by atoms with Crippen molar-refractivity contribution in [2.75, 3.05) is 36.4 Å². The number of carbonyl (C=O) groups is 1. The van der Waals surface area contributed by atoms with Gasteiger partial charge in [0, 0.05) is 62.2 Å². The Kier molecular flexibility index (Phi) is 5.28. The molecule has 0 saturated carbocycles. The number of rotatable bonds is 4. The zero-order valence-electron chi connectivity index (χ0n) is 15.4. The molecule has 1 aromatic carbocycles. The van der Waals surface area contributed by atoms with Crippen LogP contribution < -0.4 is 10.2 Å². The molecule has 3 aromatic rings.